The largest absolute Gasteiger partial charge is 0.497 e. The summed E-state index contributed by atoms with van der Waals surface area (Å²) >= 11 is 0. The first-order valence-corrected chi connectivity index (χ1v) is 9.07. The maximum absolute atomic E-state index is 5.39. The minimum absolute atomic E-state index is 0.673. The van der Waals surface area contributed by atoms with E-state index in [9.17, 15) is 0 Å². The molecule has 0 amide bonds. The third-order valence-corrected chi connectivity index (χ3v) is 5.48. The number of hydrogen-bond acceptors (Lipinski definition) is 3. The molecule has 0 bridgehead atoms. The molecule has 2 aliphatic rings. The SMILES string of the molecule is CCc1cc(OC)ccc1-c1ccc2c(c1)N1CCNCCC1C2. The lowest BCUT2D eigenvalue weighted by Crippen LogP contribution is -2.32. The van der Waals surface area contributed by atoms with Crippen molar-refractivity contribution in [3.05, 3.63) is 47.5 Å². The standard InChI is InChI=1S/C21H26N2O/c1-3-15-13-19(24-2)6-7-20(15)16-4-5-17-12-18-8-9-22-10-11-23(18)21(17)14-16/h4-7,13-14,18,22H,3,8-12H2,1-2H3. The molecule has 0 aromatic heterocycles. The Morgan fingerprint density at radius 2 is 2.08 bits per heavy atom. The number of fused-ring (bicyclic) bond motifs is 3. The van der Waals surface area contributed by atoms with Crippen LogP contribution in [0, 0.1) is 0 Å². The van der Waals surface area contributed by atoms with Crippen LogP contribution in [0.15, 0.2) is 36.4 Å². The highest BCUT2D eigenvalue weighted by Gasteiger charge is 2.30. The summed E-state index contributed by atoms with van der Waals surface area (Å²) < 4.78 is 5.39. The minimum Gasteiger partial charge on any atom is -0.497 e. The fourth-order valence-corrected chi connectivity index (χ4v) is 4.16. The molecule has 2 aliphatic heterocycles. The van der Waals surface area contributed by atoms with Crippen LogP contribution in [0.1, 0.15) is 24.5 Å². The second kappa shape index (κ2) is 6.48. The van der Waals surface area contributed by atoms with E-state index in [4.69, 9.17) is 4.74 Å². The second-order valence-electron chi connectivity index (χ2n) is 6.81. The van der Waals surface area contributed by atoms with Gasteiger partial charge in [0.1, 0.15) is 5.75 Å². The molecule has 24 heavy (non-hydrogen) atoms. The number of aryl methyl sites for hydroxylation is 1. The van der Waals surface area contributed by atoms with Crippen molar-refractivity contribution >= 4 is 5.69 Å². The van der Waals surface area contributed by atoms with Crippen molar-refractivity contribution in [3.63, 3.8) is 0 Å². The molecular weight excluding hydrogens is 296 g/mol. The van der Waals surface area contributed by atoms with E-state index in [1.807, 2.05) is 0 Å². The quantitative estimate of drug-likeness (QED) is 0.933. The highest BCUT2D eigenvalue weighted by Crippen LogP contribution is 2.38. The van der Waals surface area contributed by atoms with Gasteiger partial charge in [0.05, 0.1) is 7.11 Å². The van der Waals surface area contributed by atoms with Crippen molar-refractivity contribution < 1.29 is 4.74 Å². The van der Waals surface area contributed by atoms with Gasteiger partial charge in [0.2, 0.25) is 0 Å². The van der Waals surface area contributed by atoms with Crippen LogP contribution in [0.2, 0.25) is 0 Å². The van der Waals surface area contributed by atoms with Crippen LogP contribution in [-0.4, -0.2) is 32.8 Å². The summed E-state index contributed by atoms with van der Waals surface area (Å²) in [5, 5.41) is 3.53. The number of nitrogens with zero attached hydrogens (tertiary/aromatic N) is 1. The van der Waals surface area contributed by atoms with E-state index in [-0.39, 0.29) is 0 Å². The van der Waals surface area contributed by atoms with Gasteiger partial charge in [0.15, 0.2) is 0 Å². The summed E-state index contributed by atoms with van der Waals surface area (Å²) in [7, 11) is 1.73. The summed E-state index contributed by atoms with van der Waals surface area (Å²) in [4.78, 5) is 2.62. The number of ether oxygens (including phenoxy) is 1. The predicted octanol–water partition coefficient (Wildman–Crippen LogP) is 3.65. The number of benzene rings is 2. The summed E-state index contributed by atoms with van der Waals surface area (Å²) in [5.74, 6) is 0.940. The Labute approximate surface area is 144 Å². The van der Waals surface area contributed by atoms with Crippen molar-refractivity contribution in [2.75, 3.05) is 31.6 Å². The van der Waals surface area contributed by atoms with Crippen LogP contribution >= 0.6 is 0 Å². The molecule has 1 unspecified atom stereocenters. The first-order valence-electron chi connectivity index (χ1n) is 9.07. The summed E-state index contributed by atoms with van der Waals surface area (Å²) in [5.41, 5.74) is 6.96. The van der Waals surface area contributed by atoms with Gasteiger partial charge in [-0.3, -0.25) is 0 Å². The van der Waals surface area contributed by atoms with Crippen LogP contribution in [0.25, 0.3) is 11.1 Å². The first kappa shape index (κ1) is 15.5. The Morgan fingerprint density at radius 1 is 1.17 bits per heavy atom. The van der Waals surface area contributed by atoms with E-state index in [0.29, 0.717) is 6.04 Å². The molecule has 1 atom stereocenters. The van der Waals surface area contributed by atoms with Gasteiger partial charge in [0.25, 0.3) is 0 Å². The lowest BCUT2D eigenvalue weighted by atomic mass is 9.96. The molecule has 3 heteroatoms. The summed E-state index contributed by atoms with van der Waals surface area (Å²) in [6.45, 7) is 5.55. The Hall–Kier alpha value is -2.00. The zero-order valence-corrected chi connectivity index (χ0v) is 14.6. The predicted molar refractivity (Wildman–Crippen MR) is 100 cm³/mol. The first-order chi connectivity index (χ1) is 11.8. The van der Waals surface area contributed by atoms with Gasteiger partial charge < -0.3 is 15.0 Å². The molecule has 1 saturated heterocycles. The molecule has 1 fully saturated rings. The van der Waals surface area contributed by atoms with Crippen LogP contribution < -0.4 is 15.0 Å². The number of methoxy groups -OCH3 is 1. The molecule has 126 valence electrons. The van der Waals surface area contributed by atoms with E-state index in [1.54, 1.807) is 7.11 Å². The van der Waals surface area contributed by atoms with E-state index in [0.717, 1.165) is 31.8 Å². The van der Waals surface area contributed by atoms with Crippen LogP contribution in [-0.2, 0) is 12.8 Å². The van der Waals surface area contributed by atoms with Crippen molar-refractivity contribution in [2.24, 2.45) is 0 Å². The fraction of sp³-hybridized carbons (Fsp3) is 0.429. The van der Waals surface area contributed by atoms with Gasteiger partial charge in [-0.1, -0.05) is 25.1 Å². The van der Waals surface area contributed by atoms with Gasteiger partial charge >= 0.3 is 0 Å². The number of anilines is 1. The van der Waals surface area contributed by atoms with Gasteiger partial charge in [-0.25, -0.2) is 0 Å². The van der Waals surface area contributed by atoms with Crippen molar-refractivity contribution in [3.8, 4) is 16.9 Å². The topological polar surface area (TPSA) is 24.5 Å². The van der Waals surface area contributed by atoms with Crippen LogP contribution in [0.4, 0.5) is 5.69 Å². The Bertz CT molecular complexity index is 741. The summed E-state index contributed by atoms with van der Waals surface area (Å²) in [6.07, 6.45) is 3.45. The molecule has 2 aromatic rings. The van der Waals surface area contributed by atoms with Gasteiger partial charge in [-0.05, 0) is 66.3 Å². The van der Waals surface area contributed by atoms with E-state index < -0.39 is 0 Å². The lowest BCUT2D eigenvalue weighted by molar-refractivity contribution is 0.414. The van der Waals surface area contributed by atoms with Gasteiger partial charge in [-0.15, -0.1) is 0 Å². The molecular formula is C21H26N2O. The zero-order valence-electron chi connectivity index (χ0n) is 14.6. The monoisotopic (exact) mass is 322 g/mol. The lowest BCUT2D eigenvalue weighted by Gasteiger charge is -2.25. The van der Waals surface area contributed by atoms with Crippen LogP contribution in [0.5, 0.6) is 5.75 Å². The second-order valence-corrected chi connectivity index (χ2v) is 6.81. The van der Waals surface area contributed by atoms with Crippen molar-refractivity contribution in [1.82, 2.24) is 5.32 Å². The smallest absolute Gasteiger partial charge is 0.119 e. The van der Waals surface area contributed by atoms with E-state index in [1.165, 1.54) is 40.8 Å². The summed E-state index contributed by atoms with van der Waals surface area (Å²) in [6, 6.07) is 14.2. The molecule has 0 aliphatic carbocycles. The Balaban J connectivity index is 1.73. The number of hydrogen-bond donors (Lipinski definition) is 1. The third kappa shape index (κ3) is 2.67. The third-order valence-electron chi connectivity index (χ3n) is 5.48. The van der Waals surface area contributed by atoms with Gasteiger partial charge in [-0.2, -0.15) is 0 Å². The van der Waals surface area contributed by atoms with Crippen LogP contribution in [0.3, 0.4) is 0 Å². The van der Waals surface area contributed by atoms with Crippen molar-refractivity contribution in [2.45, 2.75) is 32.2 Å². The molecule has 4 rings (SSSR count). The molecule has 2 heterocycles. The highest BCUT2D eigenvalue weighted by molar-refractivity contribution is 5.75. The van der Waals surface area contributed by atoms with Crippen molar-refractivity contribution in [1.29, 1.82) is 0 Å². The molecule has 0 radical (unpaired) electrons. The number of nitrogens with one attached hydrogen (secondary N) is 1. The highest BCUT2D eigenvalue weighted by atomic mass is 16.5. The minimum atomic E-state index is 0.673. The molecule has 0 spiro atoms. The Morgan fingerprint density at radius 3 is 2.92 bits per heavy atom. The average Bonchev–Trinajstić information content (AvgIpc) is 2.81. The molecule has 1 N–H and O–H groups in total. The normalized spacial score (nSPS) is 19.6. The average molecular weight is 322 g/mol. The maximum Gasteiger partial charge on any atom is 0.119 e. The fourth-order valence-electron chi connectivity index (χ4n) is 4.16. The van der Waals surface area contributed by atoms with E-state index >= 15 is 0 Å². The molecule has 0 saturated carbocycles. The maximum atomic E-state index is 5.39. The number of rotatable bonds is 3. The van der Waals surface area contributed by atoms with Gasteiger partial charge in [0, 0.05) is 24.8 Å². The molecule has 3 nitrogen and oxygen atoms in total. The molecule has 2 aromatic carbocycles. The Kier molecular flexibility index (Phi) is 4.19. The zero-order chi connectivity index (χ0) is 16.5. The van der Waals surface area contributed by atoms with E-state index in [2.05, 4.69) is 53.5 Å².